The van der Waals surface area contributed by atoms with Gasteiger partial charge in [-0.2, -0.15) is 8.78 Å². The zero-order chi connectivity index (χ0) is 18.4. The highest BCUT2D eigenvalue weighted by molar-refractivity contribution is 5.78. The summed E-state index contributed by atoms with van der Waals surface area (Å²) in [7, 11) is 0. The van der Waals surface area contributed by atoms with Gasteiger partial charge in [-0.15, -0.1) is 0 Å². The Kier molecular flexibility index (Phi) is 3.31. The lowest BCUT2D eigenvalue weighted by molar-refractivity contribution is -0.261. The first kappa shape index (κ1) is 16.8. The second-order valence-electron chi connectivity index (χ2n) is 7.79. The van der Waals surface area contributed by atoms with Crippen LogP contribution < -0.4 is 0 Å². The predicted molar refractivity (Wildman–Crippen MR) is 74.6 cm³/mol. The normalized spacial score (nSPS) is 51.6. The van der Waals surface area contributed by atoms with Crippen molar-refractivity contribution in [2.45, 2.75) is 74.7 Å². The number of aliphatic hydroxyl groups is 1. The maximum Gasteiger partial charge on any atom is 0.376 e. The predicted octanol–water partition coefficient (Wildman–Crippen LogP) is 0.106. The Morgan fingerprint density at radius 2 is 2.04 bits per heavy atom. The molecule has 0 aromatic rings. The molecule has 10 heteroatoms. The fourth-order valence-electron chi connectivity index (χ4n) is 4.92. The second kappa shape index (κ2) is 5.12. The molecule has 2 aliphatic carbocycles. The highest BCUT2D eigenvalue weighted by Gasteiger charge is 2.70. The summed E-state index contributed by atoms with van der Waals surface area (Å²) in [5.41, 5.74) is 0. The first-order valence-electron chi connectivity index (χ1n) is 8.66. The molecule has 3 saturated heterocycles. The van der Waals surface area contributed by atoms with E-state index in [0.29, 0.717) is 26.2 Å². The van der Waals surface area contributed by atoms with Crippen LogP contribution in [0.15, 0.2) is 0 Å². The molecule has 0 aromatic heterocycles. The molecule has 144 valence electrons. The fraction of sp³-hybridized carbons (Fsp3) is 0.875. The van der Waals surface area contributed by atoms with E-state index in [1.807, 2.05) is 0 Å². The number of halogens is 2. The van der Waals surface area contributed by atoms with E-state index >= 15 is 0 Å². The summed E-state index contributed by atoms with van der Waals surface area (Å²) in [5.74, 6) is -7.02. The number of rotatable bonds is 2. The molecule has 5 aliphatic rings. The maximum absolute atomic E-state index is 13.0. The van der Waals surface area contributed by atoms with Crippen molar-refractivity contribution in [1.29, 1.82) is 0 Å². The number of carbonyl (C=O) groups is 2. The fourth-order valence-corrected chi connectivity index (χ4v) is 4.92. The van der Waals surface area contributed by atoms with Crippen molar-refractivity contribution in [3.8, 4) is 0 Å². The molecule has 0 aromatic carbocycles. The van der Waals surface area contributed by atoms with Crippen molar-refractivity contribution in [3.05, 3.63) is 0 Å². The van der Waals surface area contributed by atoms with Gasteiger partial charge < -0.3 is 28.8 Å². The average molecular weight is 376 g/mol. The van der Waals surface area contributed by atoms with Crippen LogP contribution in [0.5, 0.6) is 0 Å². The highest BCUT2D eigenvalue weighted by Crippen LogP contribution is 2.59. The van der Waals surface area contributed by atoms with E-state index in [1.165, 1.54) is 0 Å². The molecule has 2 saturated carbocycles. The van der Waals surface area contributed by atoms with Crippen molar-refractivity contribution in [3.63, 3.8) is 0 Å². The van der Waals surface area contributed by atoms with E-state index in [9.17, 15) is 23.5 Å². The SMILES string of the molecule is CC(F)(F)C(=O)OC1CC2CC1CC21OC2OC3C(O)C(=O)OC3C2O1. The Labute approximate surface area is 146 Å². The van der Waals surface area contributed by atoms with Gasteiger partial charge in [-0.05, 0) is 12.8 Å². The van der Waals surface area contributed by atoms with Crippen LogP contribution in [0.2, 0.25) is 0 Å². The van der Waals surface area contributed by atoms with Gasteiger partial charge in [-0.3, -0.25) is 0 Å². The Morgan fingerprint density at radius 1 is 1.27 bits per heavy atom. The van der Waals surface area contributed by atoms with Crippen LogP contribution in [-0.4, -0.2) is 65.6 Å². The Bertz CT molecular complexity index is 665. The molecular weight excluding hydrogens is 358 g/mol. The molecule has 9 atom stereocenters. The van der Waals surface area contributed by atoms with Crippen LogP contribution in [0.3, 0.4) is 0 Å². The minimum absolute atomic E-state index is 0.134. The number of aliphatic hydroxyl groups excluding tert-OH is 1. The summed E-state index contributed by atoms with van der Waals surface area (Å²) in [6, 6.07) is 0. The third-order valence-electron chi connectivity index (χ3n) is 6.08. The molecule has 5 rings (SSSR count). The van der Waals surface area contributed by atoms with Gasteiger partial charge in [0.1, 0.15) is 12.2 Å². The van der Waals surface area contributed by atoms with Gasteiger partial charge in [0.15, 0.2) is 30.4 Å². The summed E-state index contributed by atoms with van der Waals surface area (Å²) < 4.78 is 53.8. The largest absolute Gasteiger partial charge is 0.458 e. The first-order valence-corrected chi connectivity index (χ1v) is 8.66. The van der Waals surface area contributed by atoms with Crippen LogP contribution in [-0.2, 0) is 33.3 Å². The van der Waals surface area contributed by atoms with E-state index in [2.05, 4.69) is 0 Å². The molecule has 1 N–H and O–H groups in total. The van der Waals surface area contributed by atoms with Crippen LogP contribution in [0, 0.1) is 11.8 Å². The van der Waals surface area contributed by atoms with Crippen molar-refractivity contribution in [1.82, 2.24) is 0 Å². The molecule has 1 spiro atoms. The summed E-state index contributed by atoms with van der Waals surface area (Å²) in [6.45, 7) is 0.513. The molecular formula is C16H18F2O8. The molecule has 3 aliphatic heterocycles. The van der Waals surface area contributed by atoms with Crippen LogP contribution in [0.25, 0.3) is 0 Å². The lowest BCUT2D eigenvalue weighted by Gasteiger charge is -2.36. The molecule has 5 fully saturated rings. The average Bonchev–Trinajstić information content (AvgIpc) is 3.30. The summed E-state index contributed by atoms with van der Waals surface area (Å²) >= 11 is 0. The van der Waals surface area contributed by atoms with E-state index in [1.54, 1.807) is 0 Å². The molecule has 0 amide bonds. The minimum atomic E-state index is -3.52. The summed E-state index contributed by atoms with van der Waals surface area (Å²) in [4.78, 5) is 22.9. The number of alkyl halides is 2. The molecule has 2 bridgehead atoms. The van der Waals surface area contributed by atoms with Gasteiger partial charge in [0.25, 0.3) is 0 Å². The molecule has 8 nitrogen and oxygen atoms in total. The van der Waals surface area contributed by atoms with Crippen molar-refractivity contribution in [2.75, 3.05) is 0 Å². The lowest BCUT2D eigenvalue weighted by Crippen LogP contribution is -2.45. The van der Waals surface area contributed by atoms with Crippen LogP contribution >= 0.6 is 0 Å². The van der Waals surface area contributed by atoms with Crippen molar-refractivity contribution >= 4 is 11.9 Å². The van der Waals surface area contributed by atoms with Gasteiger partial charge in [0.05, 0.1) is 0 Å². The Hall–Kier alpha value is -1.36. The van der Waals surface area contributed by atoms with E-state index < -0.39 is 60.5 Å². The maximum atomic E-state index is 13.0. The molecule has 26 heavy (non-hydrogen) atoms. The van der Waals surface area contributed by atoms with E-state index in [0.717, 1.165) is 0 Å². The number of carbonyl (C=O) groups excluding carboxylic acids is 2. The monoisotopic (exact) mass is 376 g/mol. The zero-order valence-electron chi connectivity index (χ0n) is 13.8. The van der Waals surface area contributed by atoms with Crippen LogP contribution in [0.4, 0.5) is 8.78 Å². The van der Waals surface area contributed by atoms with Gasteiger partial charge in [0.2, 0.25) is 0 Å². The molecule has 3 heterocycles. The minimum Gasteiger partial charge on any atom is -0.458 e. The smallest absolute Gasteiger partial charge is 0.376 e. The number of hydrogen-bond donors (Lipinski definition) is 1. The lowest BCUT2D eigenvalue weighted by atomic mass is 9.91. The van der Waals surface area contributed by atoms with Crippen molar-refractivity contribution < 1.29 is 47.2 Å². The first-order chi connectivity index (χ1) is 12.2. The van der Waals surface area contributed by atoms with E-state index in [-0.39, 0.29) is 11.8 Å². The molecule has 0 radical (unpaired) electrons. The quantitative estimate of drug-likeness (QED) is 0.678. The third kappa shape index (κ3) is 2.19. The highest BCUT2D eigenvalue weighted by atomic mass is 19.3. The van der Waals surface area contributed by atoms with E-state index in [4.69, 9.17) is 23.7 Å². The van der Waals surface area contributed by atoms with Crippen LogP contribution in [0.1, 0.15) is 26.2 Å². The standard InChI is InChI=1S/C16H18F2O8/c1-15(17,18)14(21)22-7-3-6-2-5(7)4-16(6)25-11-10-9(24-13(11)26-16)8(19)12(20)23-10/h5-11,13,19H,2-4H2,1H3. The number of fused-ring (bicyclic) bond motifs is 6. The van der Waals surface area contributed by atoms with Gasteiger partial charge in [-0.25, -0.2) is 9.59 Å². The number of esters is 2. The summed E-state index contributed by atoms with van der Waals surface area (Å²) in [6.07, 6.45) is -3.50. The second-order valence-corrected chi connectivity index (χ2v) is 7.79. The van der Waals surface area contributed by atoms with Gasteiger partial charge in [-0.1, -0.05) is 0 Å². The van der Waals surface area contributed by atoms with Gasteiger partial charge in [0, 0.05) is 25.2 Å². The topological polar surface area (TPSA) is 101 Å². The Balaban J connectivity index is 1.26. The Morgan fingerprint density at radius 3 is 2.69 bits per heavy atom. The van der Waals surface area contributed by atoms with Crippen molar-refractivity contribution in [2.24, 2.45) is 11.8 Å². The van der Waals surface area contributed by atoms with Gasteiger partial charge >= 0.3 is 17.9 Å². The third-order valence-corrected chi connectivity index (χ3v) is 6.08. The summed E-state index contributed by atoms with van der Waals surface area (Å²) in [5, 5.41) is 9.75. The zero-order valence-corrected chi connectivity index (χ0v) is 13.8. The molecule has 9 unspecified atom stereocenters. The number of ether oxygens (including phenoxy) is 5. The number of hydrogen-bond acceptors (Lipinski definition) is 8.